The molecule has 43 heavy (non-hydrogen) atoms. The molecule has 0 spiro atoms. The number of nitrogens with zero attached hydrogens (tertiary/aromatic N) is 7. The number of carbonyl (C=O) groups is 1. The van der Waals surface area contributed by atoms with Gasteiger partial charge in [0.15, 0.2) is 11.6 Å². The molecule has 0 radical (unpaired) electrons. The number of hydrogen-bond acceptors (Lipinski definition) is 8. The Bertz CT molecular complexity index is 1540. The van der Waals surface area contributed by atoms with E-state index in [2.05, 4.69) is 45.0 Å². The van der Waals surface area contributed by atoms with Gasteiger partial charge in [0.2, 0.25) is 5.95 Å². The molecule has 0 atom stereocenters. The van der Waals surface area contributed by atoms with Crippen LogP contribution in [0.4, 0.5) is 36.7 Å². The van der Waals surface area contributed by atoms with Crippen molar-refractivity contribution >= 4 is 37.2 Å². The number of rotatable bonds is 12. The predicted molar refractivity (Wildman–Crippen MR) is 163 cm³/mol. The molecule has 1 N–H and O–H groups in total. The summed E-state index contributed by atoms with van der Waals surface area (Å²) in [5, 5.41) is 7.05. The second-order valence-electron chi connectivity index (χ2n) is 11.2. The molecule has 1 aliphatic rings. The number of aromatic nitrogens is 5. The average Bonchev–Trinajstić information content (AvgIpc) is 3.47. The fourth-order valence-corrected chi connectivity index (χ4v) is 5.14. The van der Waals surface area contributed by atoms with Crippen molar-refractivity contribution in [1.29, 1.82) is 0 Å². The van der Waals surface area contributed by atoms with E-state index in [4.69, 9.17) is 9.47 Å². The minimum absolute atomic E-state index is 0.00756. The number of alkyl halides is 2. The quantitative estimate of drug-likeness (QED) is 0.154. The maximum Gasteiger partial charge on any atom is 0.335 e. The number of amides is 2. The fraction of sp³-hybridized carbons (Fsp3) is 0.345. The Morgan fingerprint density at radius 3 is 2.42 bits per heavy atom. The predicted octanol–water partition coefficient (Wildman–Crippen LogP) is 6.01. The van der Waals surface area contributed by atoms with E-state index in [0.717, 1.165) is 11.6 Å². The monoisotopic (exact) mass is 608 g/mol. The second kappa shape index (κ2) is 12.8. The summed E-state index contributed by atoms with van der Waals surface area (Å²) in [6.07, 6.45) is 0.590. The molecule has 0 saturated heterocycles. The van der Waals surface area contributed by atoms with Crippen molar-refractivity contribution < 1.29 is 23.0 Å². The Labute approximate surface area is 249 Å². The van der Waals surface area contributed by atoms with Crippen LogP contribution >= 0.6 is 0 Å². The van der Waals surface area contributed by atoms with Crippen molar-refractivity contribution in [3.8, 4) is 17.1 Å². The van der Waals surface area contributed by atoms with Gasteiger partial charge in [-0.05, 0) is 54.6 Å². The van der Waals surface area contributed by atoms with E-state index < -0.39 is 21.0 Å². The van der Waals surface area contributed by atoms with E-state index in [9.17, 15) is 13.6 Å². The van der Waals surface area contributed by atoms with Crippen molar-refractivity contribution in [3.05, 3.63) is 66.6 Å². The summed E-state index contributed by atoms with van der Waals surface area (Å²) in [6.45, 7) is 7.50. The molecular formula is C29H34F2N8O3Si. The Morgan fingerprint density at radius 1 is 1.02 bits per heavy atom. The van der Waals surface area contributed by atoms with Gasteiger partial charge in [0.05, 0.1) is 25.9 Å². The van der Waals surface area contributed by atoms with Gasteiger partial charge in [-0.15, -0.1) is 5.10 Å². The molecular weight excluding hydrogens is 574 g/mol. The normalized spacial score (nSPS) is 13.4. The third-order valence-corrected chi connectivity index (χ3v) is 8.45. The van der Waals surface area contributed by atoms with E-state index in [1.54, 1.807) is 65.6 Å². The molecule has 11 nitrogen and oxygen atoms in total. The molecule has 4 aromatic rings. The minimum atomic E-state index is -2.58. The Hall–Kier alpha value is -4.43. The Morgan fingerprint density at radius 2 is 1.74 bits per heavy atom. The number of benzene rings is 2. The molecule has 1 aliphatic heterocycles. The van der Waals surface area contributed by atoms with Crippen LogP contribution in [0.1, 0.15) is 5.56 Å². The molecule has 0 saturated carbocycles. The number of urea groups is 1. The van der Waals surface area contributed by atoms with Gasteiger partial charge in [-0.1, -0.05) is 19.6 Å². The Balaban J connectivity index is 1.40. The van der Waals surface area contributed by atoms with E-state index in [0.29, 0.717) is 47.7 Å². The first-order valence-electron chi connectivity index (χ1n) is 13.8. The molecule has 226 valence electrons. The van der Waals surface area contributed by atoms with Crippen LogP contribution in [0.25, 0.3) is 11.4 Å². The van der Waals surface area contributed by atoms with Gasteiger partial charge in [-0.25, -0.2) is 33.1 Å². The first-order chi connectivity index (χ1) is 20.6. The standard InChI is InChI=1S/C29H34F2N8O3Si/c1-41-24-11-9-22(10-12-24)38-17-21-15-32-28(33-16-25(30)31)35-27(21)39(29(38)40)23-7-5-20(6-8-23)26-34-18-37(36-26)19-42-13-14-43(2,3)4/h5-12,15,18,25H,13-14,16-17,19H2,1-4H3,(H,32,33,35). The molecule has 2 amide bonds. The summed E-state index contributed by atoms with van der Waals surface area (Å²) in [7, 11) is 0.395. The number of carbonyl (C=O) groups excluding carboxylic acids is 1. The maximum absolute atomic E-state index is 13.9. The second-order valence-corrected chi connectivity index (χ2v) is 16.8. The van der Waals surface area contributed by atoms with E-state index in [-0.39, 0.29) is 18.5 Å². The third-order valence-electron chi connectivity index (χ3n) is 6.74. The van der Waals surface area contributed by atoms with Crippen molar-refractivity contribution in [2.75, 3.05) is 35.4 Å². The zero-order valence-electron chi connectivity index (χ0n) is 24.5. The summed E-state index contributed by atoms with van der Waals surface area (Å²) in [5.41, 5.74) is 2.58. The molecule has 0 unspecified atom stereocenters. The highest BCUT2D eigenvalue weighted by molar-refractivity contribution is 6.76. The van der Waals surface area contributed by atoms with Crippen molar-refractivity contribution in [1.82, 2.24) is 24.7 Å². The van der Waals surface area contributed by atoms with Crippen molar-refractivity contribution in [3.63, 3.8) is 0 Å². The highest BCUT2D eigenvalue weighted by Crippen LogP contribution is 2.37. The molecule has 2 aromatic heterocycles. The van der Waals surface area contributed by atoms with Crippen LogP contribution in [-0.4, -0.2) is 65.5 Å². The number of hydrogen-bond donors (Lipinski definition) is 1. The van der Waals surface area contributed by atoms with E-state index in [1.165, 1.54) is 4.90 Å². The zero-order chi connectivity index (χ0) is 30.6. The van der Waals surface area contributed by atoms with Crippen LogP contribution in [0.15, 0.2) is 61.1 Å². The lowest BCUT2D eigenvalue weighted by Gasteiger charge is -2.36. The van der Waals surface area contributed by atoms with Crippen LogP contribution in [-0.2, 0) is 18.0 Å². The summed E-state index contributed by atoms with van der Waals surface area (Å²) in [4.78, 5) is 30.0. The zero-order valence-corrected chi connectivity index (χ0v) is 25.5. The molecule has 0 bridgehead atoms. The van der Waals surface area contributed by atoms with Gasteiger partial charge in [0.1, 0.15) is 18.8 Å². The highest BCUT2D eigenvalue weighted by atomic mass is 28.3. The van der Waals surface area contributed by atoms with Crippen LogP contribution in [0.5, 0.6) is 5.75 Å². The lowest BCUT2D eigenvalue weighted by Crippen LogP contribution is -2.45. The summed E-state index contributed by atoms with van der Waals surface area (Å²) >= 11 is 0. The van der Waals surface area contributed by atoms with Crippen molar-refractivity contribution in [2.45, 2.75) is 45.4 Å². The van der Waals surface area contributed by atoms with E-state index >= 15 is 0 Å². The highest BCUT2D eigenvalue weighted by Gasteiger charge is 2.34. The number of anilines is 4. The lowest BCUT2D eigenvalue weighted by molar-refractivity contribution is 0.0785. The van der Waals surface area contributed by atoms with Crippen LogP contribution in [0, 0.1) is 0 Å². The summed E-state index contributed by atoms with van der Waals surface area (Å²) < 4.78 is 38.4. The summed E-state index contributed by atoms with van der Waals surface area (Å²) in [6, 6.07) is 15.0. The number of nitrogens with one attached hydrogen (secondary N) is 1. The largest absolute Gasteiger partial charge is 0.497 e. The van der Waals surface area contributed by atoms with Gasteiger partial charge in [0.25, 0.3) is 6.43 Å². The SMILES string of the molecule is COc1ccc(N2Cc3cnc(NCC(F)F)nc3N(c3ccc(-c4ncn(COCC[Si](C)(C)C)n4)cc3)C2=O)cc1. The van der Waals surface area contributed by atoms with E-state index in [1.807, 2.05) is 12.1 Å². The van der Waals surface area contributed by atoms with Crippen LogP contribution in [0.3, 0.4) is 0 Å². The lowest BCUT2D eigenvalue weighted by atomic mass is 10.1. The first kappa shape index (κ1) is 30.0. The number of methoxy groups -OCH3 is 1. The Kier molecular flexibility index (Phi) is 8.96. The molecule has 2 aromatic carbocycles. The molecule has 5 rings (SSSR count). The van der Waals surface area contributed by atoms with Crippen LogP contribution < -0.4 is 19.9 Å². The molecule has 3 heterocycles. The van der Waals surface area contributed by atoms with Crippen molar-refractivity contribution in [2.24, 2.45) is 0 Å². The van der Waals surface area contributed by atoms with Gasteiger partial charge in [0, 0.05) is 37.7 Å². The molecule has 14 heteroatoms. The molecule has 0 fully saturated rings. The van der Waals surface area contributed by atoms with Gasteiger partial charge >= 0.3 is 6.03 Å². The minimum Gasteiger partial charge on any atom is -0.497 e. The third kappa shape index (κ3) is 7.32. The fourth-order valence-electron chi connectivity index (χ4n) is 4.39. The summed E-state index contributed by atoms with van der Waals surface area (Å²) in [5.74, 6) is 1.50. The topological polar surface area (TPSA) is 111 Å². The smallest absolute Gasteiger partial charge is 0.335 e. The number of ether oxygens (including phenoxy) is 2. The van der Waals surface area contributed by atoms with Gasteiger partial charge in [-0.3, -0.25) is 4.90 Å². The van der Waals surface area contributed by atoms with Crippen LogP contribution in [0.2, 0.25) is 25.7 Å². The maximum atomic E-state index is 13.9. The number of halogens is 2. The first-order valence-corrected chi connectivity index (χ1v) is 17.5. The molecule has 0 aliphatic carbocycles. The van der Waals surface area contributed by atoms with Gasteiger partial charge < -0.3 is 14.8 Å². The van der Waals surface area contributed by atoms with Gasteiger partial charge in [-0.2, -0.15) is 4.98 Å². The number of fused-ring (bicyclic) bond motifs is 1. The average molecular weight is 609 g/mol.